The van der Waals surface area contributed by atoms with Crippen molar-refractivity contribution in [3.05, 3.63) is 21.4 Å². The van der Waals surface area contributed by atoms with Gasteiger partial charge in [-0.1, -0.05) is 20.3 Å². The lowest BCUT2D eigenvalue weighted by Crippen LogP contribution is -2.25. The number of Topliss-reactive ketones (excluding diaryl/α,β-unsaturated/α-hetero) is 1. The summed E-state index contributed by atoms with van der Waals surface area (Å²) in [5, 5.41) is 0. The molecule has 2 aliphatic carbocycles. The number of carbonyl (C=O) groups excluding carboxylic acids is 1. The molecule has 1 aromatic rings. The zero-order chi connectivity index (χ0) is 14.1. The Morgan fingerprint density at radius 2 is 1.75 bits per heavy atom. The van der Waals surface area contributed by atoms with Gasteiger partial charge in [-0.15, -0.1) is 11.3 Å². The number of hydrogen-bond acceptors (Lipinski definition) is 2. The largest absolute Gasteiger partial charge is 0.293 e. The summed E-state index contributed by atoms with van der Waals surface area (Å²) in [5.74, 6) is 2.16. The van der Waals surface area contributed by atoms with Crippen LogP contribution in [0.2, 0.25) is 0 Å². The number of hydrogen-bond donors (Lipinski definition) is 0. The van der Waals surface area contributed by atoms with Gasteiger partial charge >= 0.3 is 0 Å². The molecule has 0 saturated heterocycles. The summed E-state index contributed by atoms with van der Waals surface area (Å²) < 4.78 is 0. The molecule has 2 aliphatic rings. The first-order valence-corrected chi connectivity index (χ1v) is 9.11. The Morgan fingerprint density at radius 3 is 2.50 bits per heavy atom. The maximum absolute atomic E-state index is 12.8. The Bertz CT molecular complexity index is 454. The molecule has 0 aromatic carbocycles. The highest BCUT2D eigenvalue weighted by atomic mass is 32.1. The van der Waals surface area contributed by atoms with Crippen LogP contribution >= 0.6 is 11.3 Å². The summed E-state index contributed by atoms with van der Waals surface area (Å²) in [7, 11) is 0. The van der Waals surface area contributed by atoms with Crippen molar-refractivity contribution in [3.63, 3.8) is 0 Å². The lowest BCUT2D eigenvalue weighted by atomic mass is 9.75. The molecule has 0 aliphatic heterocycles. The molecule has 20 heavy (non-hydrogen) atoms. The third kappa shape index (κ3) is 3.00. The molecule has 110 valence electrons. The zero-order valence-electron chi connectivity index (χ0n) is 12.8. The number of fused-ring (bicyclic) bond motifs is 1. The van der Waals surface area contributed by atoms with Crippen LogP contribution in [0.15, 0.2) is 6.07 Å². The van der Waals surface area contributed by atoms with Gasteiger partial charge in [-0.3, -0.25) is 4.79 Å². The van der Waals surface area contributed by atoms with Gasteiger partial charge in [0.05, 0.1) is 4.88 Å². The van der Waals surface area contributed by atoms with Crippen molar-refractivity contribution >= 4 is 17.1 Å². The maximum atomic E-state index is 12.8. The molecular weight excluding hydrogens is 264 g/mol. The van der Waals surface area contributed by atoms with E-state index >= 15 is 0 Å². The van der Waals surface area contributed by atoms with Gasteiger partial charge in [-0.05, 0) is 68.4 Å². The van der Waals surface area contributed by atoms with Crippen LogP contribution in [0.1, 0.15) is 72.5 Å². The Balaban J connectivity index is 1.77. The molecular formula is C18H26OS. The Hall–Kier alpha value is -0.630. The second-order valence-electron chi connectivity index (χ2n) is 7.10. The Kier molecular flexibility index (Phi) is 4.30. The van der Waals surface area contributed by atoms with E-state index in [1.165, 1.54) is 49.0 Å². The predicted molar refractivity (Wildman–Crippen MR) is 85.6 cm³/mol. The van der Waals surface area contributed by atoms with E-state index in [4.69, 9.17) is 0 Å². The lowest BCUT2D eigenvalue weighted by Gasteiger charge is -2.30. The highest BCUT2D eigenvalue weighted by molar-refractivity contribution is 7.14. The number of thiophene rings is 1. The second-order valence-corrected chi connectivity index (χ2v) is 8.24. The summed E-state index contributed by atoms with van der Waals surface area (Å²) in [6.07, 6.45) is 9.85. The van der Waals surface area contributed by atoms with Gasteiger partial charge in [-0.2, -0.15) is 0 Å². The monoisotopic (exact) mass is 290 g/mol. The smallest absolute Gasteiger partial charge is 0.175 e. The highest BCUT2D eigenvalue weighted by Crippen LogP contribution is 2.37. The molecule has 1 nitrogen and oxygen atoms in total. The van der Waals surface area contributed by atoms with Crippen molar-refractivity contribution < 1.29 is 4.79 Å². The fourth-order valence-electron chi connectivity index (χ4n) is 4.15. The van der Waals surface area contributed by atoms with Crippen LogP contribution in [0.5, 0.6) is 0 Å². The summed E-state index contributed by atoms with van der Waals surface area (Å²) in [4.78, 5) is 15.4. The number of ketones is 1. The first kappa shape index (κ1) is 14.3. The Labute approximate surface area is 126 Å². The average molecular weight is 290 g/mol. The molecule has 3 rings (SSSR count). The molecule has 1 fully saturated rings. The first-order chi connectivity index (χ1) is 9.63. The van der Waals surface area contributed by atoms with Gasteiger partial charge in [-0.25, -0.2) is 0 Å². The molecule has 0 N–H and O–H groups in total. The molecule has 0 spiro atoms. The Morgan fingerprint density at radius 1 is 1.05 bits per heavy atom. The molecule has 1 saturated carbocycles. The van der Waals surface area contributed by atoms with E-state index in [1.807, 2.05) is 0 Å². The number of aryl methyl sites for hydroxylation is 2. The molecule has 0 radical (unpaired) electrons. The van der Waals surface area contributed by atoms with Crippen molar-refractivity contribution in [1.82, 2.24) is 0 Å². The molecule has 0 amide bonds. The molecule has 1 aromatic heterocycles. The van der Waals surface area contributed by atoms with Crippen LogP contribution in [-0.4, -0.2) is 5.78 Å². The molecule has 2 heteroatoms. The summed E-state index contributed by atoms with van der Waals surface area (Å²) >= 11 is 1.80. The van der Waals surface area contributed by atoms with E-state index < -0.39 is 0 Å². The lowest BCUT2D eigenvalue weighted by molar-refractivity contribution is 0.0840. The normalized spacial score (nSPS) is 30.6. The van der Waals surface area contributed by atoms with Crippen molar-refractivity contribution in [2.45, 2.75) is 65.2 Å². The molecule has 1 heterocycles. The van der Waals surface area contributed by atoms with Crippen molar-refractivity contribution in [2.75, 3.05) is 0 Å². The maximum Gasteiger partial charge on any atom is 0.175 e. The topological polar surface area (TPSA) is 17.1 Å². The van der Waals surface area contributed by atoms with E-state index in [1.54, 1.807) is 11.3 Å². The second kappa shape index (κ2) is 6.01. The van der Waals surface area contributed by atoms with Crippen LogP contribution in [0, 0.1) is 17.8 Å². The molecule has 0 bridgehead atoms. The SMILES string of the molecule is CC1CC(C)CC(C(=O)c2cc3c(s2)CCCCC3)C1. The van der Waals surface area contributed by atoms with E-state index in [0.717, 1.165) is 17.7 Å². The van der Waals surface area contributed by atoms with Crippen LogP contribution < -0.4 is 0 Å². The number of carbonyl (C=O) groups is 1. The van der Waals surface area contributed by atoms with Crippen molar-refractivity contribution in [3.8, 4) is 0 Å². The van der Waals surface area contributed by atoms with Gasteiger partial charge in [0.2, 0.25) is 0 Å². The van der Waals surface area contributed by atoms with Crippen molar-refractivity contribution in [1.29, 1.82) is 0 Å². The van der Waals surface area contributed by atoms with Gasteiger partial charge in [0.15, 0.2) is 5.78 Å². The van der Waals surface area contributed by atoms with E-state index in [2.05, 4.69) is 19.9 Å². The van der Waals surface area contributed by atoms with Crippen molar-refractivity contribution in [2.24, 2.45) is 17.8 Å². The van der Waals surface area contributed by atoms with Crippen LogP contribution in [0.4, 0.5) is 0 Å². The van der Waals surface area contributed by atoms with E-state index in [0.29, 0.717) is 17.6 Å². The van der Waals surface area contributed by atoms with Gasteiger partial charge in [0.1, 0.15) is 0 Å². The van der Waals surface area contributed by atoms with E-state index in [9.17, 15) is 4.79 Å². The van der Waals surface area contributed by atoms with Gasteiger partial charge < -0.3 is 0 Å². The first-order valence-electron chi connectivity index (χ1n) is 8.29. The summed E-state index contributed by atoms with van der Waals surface area (Å²) in [6, 6.07) is 2.23. The fraction of sp³-hybridized carbons (Fsp3) is 0.722. The van der Waals surface area contributed by atoms with Crippen LogP contribution in [-0.2, 0) is 12.8 Å². The minimum Gasteiger partial charge on any atom is -0.293 e. The van der Waals surface area contributed by atoms with Crippen LogP contribution in [0.3, 0.4) is 0 Å². The van der Waals surface area contributed by atoms with E-state index in [-0.39, 0.29) is 5.92 Å². The highest BCUT2D eigenvalue weighted by Gasteiger charge is 2.30. The molecule has 2 unspecified atom stereocenters. The van der Waals surface area contributed by atoms with Gasteiger partial charge in [0.25, 0.3) is 0 Å². The minimum absolute atomic E-state index is 0.288. The third-order valence-electron chi connectivity index (χ3n) is 5.04. The zero-order valence-corrected chi connectivity index (χ0v) is 13.6. The predicted octanol–water partition coefficient (Wildman–Crippen LogP) is 5.27. The standard InChI is InChI=1S/C18H26OS/c1-12-8-13(2)10-15(9-12)18(19)17-11-14-6-4-3-5-7-16(14)20-17/h11-13,15H,3-10H2,1-2H3. The van der Waals surface area contributed by atoms with Gasteiger partial charge in [0, 0.05) is 10.8 Å². The third-order valence-corrected chi connectivity index (χ3v) is 6.29. The quantitative estimate of drug-likeness (QED) is 0.535. The average Bonchev–Trinajstić information content (AvgIpc) is 2.68. The minimum atomic E-state index is 0.288. The number of rotatable bonds is 2. The fourth-order valence-corrected chi connectivity index (χ4v) is 5.42. The summed E-state index contributed by atoms with van der Waals surface area (Å²) in [5.41, 5.74) is 1.48. The van der Waals surface area contributed by atoms with Crippen LogP contribution in [0.25, 0.3) is 0 Å². The molecule has 2 atom stereocenters. The summed E-state index contributed by atoms with van der Waals surface area (Å²) in [6.45, 7) is 4.61.